The fourth-order valence-electron chi connectivity index (χ4n) is 2.66. The van der Waals surface area contributed by atoms with Crippen molar-refractivity contribution in [3.05, 3.63) is 28.0 Å². The van der Waals surface area contributed by atoms with Crippen LogP contribution in [0.4, 0.5) is 0 Å². The number of halogens is 2. The third-order valence-electron chi connectivity index (χ3n) is 3.76. The van der Waals surface area contributed by atoms with Crippen LogP contribution in [0.2, 0.25) is 10.3 Å². The Morgan fingerprint density at radius 1 is 1.17 bits per heavy atom. The molecule has 1 heterocycles. The number of aromatic nitrogens is 1. The average Bonchev–Trinajstić information content (AvgIpc) is 2.61. The quantitative estimate of drug-likeness (QED) is 0.599. The van der Waals surface area contributed by atoms with E-state index in [2.05, 4.69) is 16.9 Å². The molecular formula is C14H20Cl2N2. The predicted octanol–water partition coefficient (Wildman–Crippen LogP) is 4.54. The van der Waals surface area contributed by atoms with Gasteiger partial charge in [0.1, 0.15) is 10.3 Å². The Bertz CT molecular complexity index is 387. The summed E-state index contributed by atoms with van der Waals surface area (Å²) in [7, 11) is 2.18. The fourth-order valence-corrected chi connectivity index (χ4v) is 3.06. The van der Waals surface area contributed by atoms with Crippen molar-refractivity contribution in [2.75, 3.05) is 7.05 Å². The maximum atomic E-state index is 6.12. The van der Waals surface area contributed by atoms with Crippen LogP contribution in [-0.2, 0) is 6.54 Å². The Balaban J connectivity index is 1.98. The van der Waals surface area contributed by atoms with E-state index < -0.39 is 0 Å². The van der Waals surface area contributed by atoms with Crippen molar-refractivity contribution < 1.29 is 0 Å². The Morgan fingerprint density at radius 2 is 1.83 bits per heavy atom. The molecule has 1 aliphatic carbocycles. The molecular weight excluding hydrogens is 267 g/mol. The highest BCUT2D eigenvalue weighted by Crippen LogP contribution is 2.24. The molecule has 0 spiro atoms. The molecule has 0 bridgehead atoms. The van der Waals surface area contributed by atoms with Gasteiger partial charge in [0, 0.05) is 18.2 Å². The molecule has 100 valence electrons. The van der Waals surface area contributed by atoms with Crippen LogP contribution in [0.15, 0.2) is 12.1 Å². The van der Waals surface area contributed by atoms with Crippen LogP contribution in [0.3, 0.4) is 0 Å². The molecule has 4 heteroatoms. The molecule has 1 fully saturated rings. The number of hydrogen-bond acceptors (Lipinski definition) is 2. The molecule has 0 atom stereocenters. The highest BCUT2D eigenvalue weighted by molar-refractivity contribution is 6.32. The smallest absolute Gasteiger partial charge is 0.135 e. The number of rotatable bonds is 3. The molecule has 1 aliphatic rings. The minimum absolute atomic E-state index is 0.459. The maximum Gasteiger partial charge on any atom is 0.135 e. The van der Waals surface area contributed by atoms with E-state index in [0.717, 1.165) is 12.1 Å². The van der Waals surface area contributed by atoms with Crippen molar-refractivity contribution in [2.24, 2.45) is 0 Å². The summed E-state index contributed by atoms with van der Waals surface area (Å²) in [6.07, 6.45) is 8.06. The van der Waals surface area contributed by atoms with Gasteiger partial charge in [-0.3, -0.25) is 4.90 Å². The lowest BCUT2D eigenvalue weighted by Gasteiger charge is -2.27. The molecule has 1 aromatic heterocycles. The highest BCUT2D eigenvalue weighted by atomic mass is 35.5. The minimum atomic E-state index is 0.459. The van der Waals surface area contributed by atoms with Crippen LogP contribution in [0.25, 0.3) is 0 Å². The molecule has 0 saturated heterocycles. The zero-order valence-electron chi connectivity index (χ0n) is 10.8. The zero-order valence-corrected chi connectivity index (χ0v) is 12.3. The molecule has 0 amide bonds. The summed E-state index contributed by atoms with van der Waals surface area (Å²) in [4.78, 5) is 6.50. The molecule has 1 aromatic rings. The first-order valence-electron chi connectivity index (χ1n) is 6.68. The summed E-state index contributed by atoms with van der Waals surface area (Å²) in [6, 6.07) is 4.47. The van der Waals surface area contributed by atoms with Gasteiger partial charge >= 0.3 is 0 Å². The van der Waals surface area contributed by atoms with Crippen molar-refractivity contribution in [1.29, 1.82) is 0 Å². The second-order valence-electron chi connectivity index (χ2n) is 5.14. The Morgan fingerprint density at radius 3 is 2.44 bits per heavy atom. The van der Waals surface area contributed by atoms with Crippen LogP contribution in [0.5, 0.6) is 0 Å². The third-order valence-corrected chi connectivity index (χ3v) is 4.30. The zero-order chi connectivity index (χ0) is 13.0. The van der Waals surface area contributed by atoms with E-state index in [1.807, 2.05) is 12.1 Å². The molecule has 0 unspecified atom stereocenters. The van der Waals surface area contributed by atoms with E-state index in [9.17, 15) is 0 Å². The Labute approximate surface area is 119 Å². The van der Waals surface area contributed by atoms with Gasteiger partial charge in [0.25, 0.3) is 0 Å². The van der Waals surface area contributed by atoms with Crippen LogP contribution in [0, 0.1) is 0 Å². The summed E-state index contributed by atoms with van der Waals surface area (Å²) in [5.41, 5.74) is 1.06. The van der Waals surface area contributed by atoms with Gasteiger partial charge < -0.3 is 0 Å². The van der Waals surface area contributed by atoms with E-state index in [0.29, 0.717) is 16.3 Å². The van der Waals surface area contributed by atoms with Crippen molar-refractivity contribution in [3.63, 3.8) is 0 Å². The van der Waals surface area contributed by atoms with Crippen molar-refractivity contribution >= 4 is 23.2 Å². The van der Waals surface area contributed by atoms with Crippen LogP contribution in [0.1, 0.15) is 44.1 Å². The van der Waals surface area contributed by atoms with Crippen molar-refractivity contribution in [3.8, 4) is 0 Å². The topological polar surface area (TPSA) is 16.1 Å². The van der Waals surface area contributed by atoms with Gasteiger partial charge in [-0.2, -0.15) is 0 Å². The Kier molecular flexibility index (Phi) is 5.28. The highest BCUT2D eigenvalue weighted by Gasteiger charge is 2.18. The molecule has 2 rings (SSSR count). The monoisotopic (exact) mass is 286 g/mol. The SMILES string of the molecule is CN(Cc1ccc(Cl)nc1Cl)C1CCCCCC1. The van der Waals surface area contributed by atoms with Gasteiger partial charge in [-0.05, 0) is 26.0 Å². The third kappa shape index (κ3) is 3.84. The van der Waals surface area contributed by atoms with Crippen LogP contribution < -0.4 is 0 Å². The lowest BCUT2D eigenvalue weighted by Crippen LogP contribution is -2.30. The first-order chi connectivity index (χ1) is 8.66. The van der Waals surface area contributed by atoms with Gasteiger partial charge in [0.15, 0.2) is 0 Å². The molecule has 0 radical (unpaired) electrons. The summed E-state index contributed by atoms with van der Waals surface area (Å²) in [5.74, 6) is 0. The van der Waals surface area contributed by atoms with Crippen LogP contribution in [-0.4, -0.2) is 23.0 Å². The second kappa shape index (κ2) is 6.74. The lowest BCUT2D eigenvalue weighted by atomic mass is 10.1. The van der Waals surface area contributed by atoms with E-state index >= 15 is 0 Å². The van der Waals surface area contributed by atoms with Gasteiger partial charge in [0.05, 0.1) is 0 Å². The van der Waals surface area contributed by atoms with Gasteiger partial charge in [-0.15, -0.1) is 0 Å². The van der Waals surface area contributed by atoms with Gasteiger partial charge in [0.2, 0.25) is 0 Å². The fraction of sp³-hybridized carbons (Fsp3) is 0.643. The number of nitrogens with zero attached hydrogens (tertiary/aromatic N) is 2. The normalized spacial score (nSPS) is 18.0. The summed E-state index contributed by atoms with van der Waals surface area (Å²) in [6.45, 7) is 0.855. The van der Waals surface area contributed by atoms with Gasteiger partial charge in [-0.25, -0.2) is 4.98 Å². The molecule has 2 nitrogen and oxygen atoms in total. The lowest BCUT2D eigenvalue weighted by molar-refractivity contribution is 0.213. The average molecular weight is 287 g/mol. The molecule has 1 saturated carbocycles. The Hall–Kier alpha value is -0.310. The molecule has 0 aliphatic heterocycles. The summed E-state index contributed by atoms with van der Waals surface area (Å²) < 4.78 is 0. The minimum Gasteiger partial charge on any atom is -0.299 e. The van der Waals surface area contributed by atoms with E-state index in [4.69, 9.17) is 23.2 Å². The largest absolute Gasteiger partial charge is 0.299 e. The maximum absolute atomic E-state index is 6.12. The standard InChI is InChI=1S/C14H20Cl2N2/c1-18(12-6-4-2-3-5-7-12)10-11-8-9-13(15)17-14(11)16/h8-9,12H,2-7,10H2,1H3. The van der Waals surface area contributed by atoms with Crippen molar-refractivity contribution in [1.82, 2.24) is 9.88 Å². The predicted molar refractivity (Wildman–Crippen MR) is 77.2 cm³/mol. The first-order valence-corrected chi connectivity index (χ1v) is 7.43. The number of pyridine rings is 1. The van der Waals surface area contributed by atoms with E-state index in [-0.39, 0.29) is 0 Å². The molecule has 0 aromatic carbocycles. The summed E-state index contributed by atoms with van der Waals surface area (Å²) in [5, 5.41) is 0.990. The second-order valence-corrected chi connectivity index (χ2v) is 5.89. The van der Waals surface area contributed by atoms with Crippen molar-refractivity contribution in [2.45, 2.75) is 51.1 Å². The first kappa shape index (κ1) is 14.1. The summed E-state index contributed by atoms with van der Waals surface area (Å²) >= 11 is 11.9. The van der Waals surface area contributed by atoms with E-state index in [1.54, 1.807) is 0 Å². The van der Waals surface area contributed by atoms with Gasteiger partial charge in [-0.1, -0.05) is 55.0 Å². The van der Waals surface area contributed by atoms with E-state index in [1.165, 1.54) is 38.5 Å². The molecule has 0 N–H and O–H groups in total. The van der Waals surface area contributed by atoms with Crippen LogP contribution >= 0.6 is 23.2 Å². The number of hydrogen-bond donors (Lipinski definition) is 0. The molecule has 18 heavy (non-hydrogen) atoms.